The molecule has 3 aromatic carbocycles. The molecule has 0 aliphatic carbocycles. The zero-order valence-corrected chi connectivity index (χ0v) is 20.5. The summed E-state index contributed by atoms with van der Waals surface area (Å²) in [5.74, 6) is 0.341. The molecule has 2 unspecified atom stereocenters. The summed E-state index contributed by atoms with van der Waals surface area (Å²) in [4.78, 5) is 29.7. The summed E-state index contributed by atoms with van der Waals surface area (Å²) in [7, 11) is 1.49. The normalized spacial score (nSPS) is 18.6. The average Bonchev–Trinajstić information content (AvgIpc) is 3.30. The molecule has 2 amide bonds. The SMILES string of the molecule is C=C1CC2C(O)N(C(=O)OCc3ccccc3)c3cc(OCc4ccccc4)c(OC)cc3C(=O)N2C1. The first-order valence-electron chi connectivity index (χ1n) is 12.0. The van der Waals surface area contributed by atoms with Gasteiger partial charge in [-0.05, 0) is 23.6 Å². The molecule has 190 valence electrons. The van der Waals surface area contributed by atoms with Crippen LogP contribution in [0.25, 0.3) is 0 Å². The fourth-order valence-electron chi connectivity index (χ4n) is 4.71. The number of fused-ring (bicyclic) bond motifs is 2. The molecule has 8 heteroatoms. The van der Waals surface area contributed by atoms with Crippen molar-refractivity contribution in [1.82, 2.24) is 4.90 Å². The first-order valence-corrected chi connectivity index (χ1v) is 12.0. The van der Waals surface area contributed by atoms with E-state index in [1.54, 1.807) is 17.0 Å². The highest BCUT2D eigenvalue weighted by Gasteiger charge is 2.46. The molecule has 0 saturated carbocycles. The number of hydrogen-bond acceptors (Lipinski definition) is 6. The number of anilines is 1. The average molecular weight is 501 g/mol. The number of aliphatic hydroxyl groups is 1. The summed E-state index contributed by atoms with van der Waals surface area (Å²) in [6.07, 6.45) is -1.75. The zero-order chi connectivity index (χ0) is 25.9. The van der Waals surface area contributed by atoms with Gasteiger partial charge in [-0.15, -0.1) is 0 Å². The van der Waals surface area contributed by atoms with Gasteiger partial charge in [-0.25, -0.2) is 9.69 Å². The molecule has 0 spiro atoms. The monoisotopic (exact) mass is 500 g/mol. The molecule has 1 N–H and O–H groups in total. The summed E-state index contributed by atoms with van der Waals surface area (Å²) in [5.41, 5.74) is 2.94. The summed E-state index contributed by atoms with van der Waals surface area (Å²) in [5, 5.41) is 11.4. The highest BCUT2D eigenvalue weighted by atomic mass is 16.6. The Hall–Kier alpha value is -4.30. The Balaban J connectivity index is 1.53. The maximum atomic E-state index is 13.6. The van der Waals surface area contributed by atoms with E-state index in [-0.39, 0.29) is 30.4 Å². The fourth-order valence-corrected chi connectivity index (χ4v) is 4.71. The molecule has 8 nitrogen and oxygen atoms in total. The molecular formula is C29H28N2O6. The van der Waals surface area contributed by atoms with Crippen LogP contribution in [-0.4, -0.2) is 47.9 Å². The lowest BCUT2D eigenvalue weighted by molar-refractivity contribution is 0.0485. The van der Waals surface area contributed by atoms with E-state index in [2.05, 4.69) is 6.58 Å². The molecule has 2 aliphatic rings. The second-order valence-electron chi connectivity index (χ2n) is 9.07. The number of rotatable bonds is 6. The predicted octanol–water partition coefficient (Wildman–Crippen LogP) is 4.52. The van der Waals surface area contributed by atoms with Gasteiger partial charge in [0.25, 0.3) is 5.91 Å². The molecule has 5 rings (SSSR count). The summed E-state index contributed by atoms with van der Waals surface area (Å²) in [6, 6.07) is 21.3. The molecule has 2 heterocycles. The van der Waals surface area contributed by atoms with E-state index in [0.717, 1.165) is 21.6 Å². The topological polar surface area (TPSA) is 88.5 Å². The molecule has 1 fully saturated rings. The molecule has 2 atom stereocenters. The van der Waals surface area contributed by atoms with Crippen LogP contribution in [0.3, 0.4) is 0 Å². The first-order chi connectivity index (χ1) is 18.0. The van der Waals surface area contributed by atoms with E-state index >= 15 is 0 Å². The maximum Gasteiger partial charge on any atom is 0.416 e. The number of nitrogens with zero attached hydrogens (tertiary/aromatic N) is 2. The van der Waals surface area contributed by atoms with E-state index in [1.165, 1.54) is 7.11 Å². The van der Waals surface area contributed by atoms with E-state index in [9.17, 15) is 14.7 Å². The fraction of sp³-hybridized carbons (Fsp3) is 0.241. The first kappa shape index (κ1) is 24.4. The molecule has 0 aromatic heterocycles. The summed E-state index contributed by atoms with van der Waals surface area (Å²) < 4.78 is 17.2. The highest BCUT2D eigenvalue weighted by Crippen LogP contribution is 2.42. The predicted molar refractivity (Wildman–Crippen MR) is 137 cm³/mol. The van der Waals surface area contributed by atoms with Crippen LogP contribution in [0.5, 0.6) is 11.5 Å². The van der Waals surface area contributed by atoms with Crippen molar-refractivity contribution in [2.24, 2.45) is 0 Å². The van der Waals surface area contributed by atoms with Crippen molar-refractivity contribution in [3.8, 4) is 11.5 Å². The second kappa shape index (κ2) is 10.4. The largest absolute Gasteiger partial charge is 0.493 e. The standard InChI is InChI=1S/C29H28N2O6/c1-19-13-24-28(33)31(29(34)37-18-21-11-7-4-8-12-21)23-15-26(36-17-20-9-5-3-6-10-20)25(35-2)14-22(23)27(32)30(24)16-19/h3-12,14-15,24,28,33H,1,13,16-18H2,2H3. The number of methoxy groups -OCH3 is 1. The van der Waals surface area contributed by atoms with Gasteiger partial charge in [0.2, 0.25) is 0 Å². The Kier molecular flexibility index (Phi) is 6.83. The maximum absolute atomic E-state index is 13.6. The molecule has 0 radical (unpaired) electrons. The number of amides is 2. The van der Waals surface area contributed by atoms with Gasteiger partial charge in [-0.1, -0.05) is 72.8 Å². The van der Waals surface area contributed by atoms with Crippen LogP contribution in [0.15, 0.2) is 84.9 Å². The van der Waals surface area contributed by atoms with Crippen LogP contribution >= 0.6 is 0 Å². The van der Waals surface area contributed by atoms with E-state index in [1.807, 2.05) is 60.7 Å². The third kappa shape index (κ3) is 4.88. The van der Waals surface area contributed by atoms with Crippen molar-refractivity contribution in [2.75, 3.05) is 18.6 Å². The number of benzene rings is 3. The zero-order valence-electron chi connectivity index (χ0n) is 20.5. The van der Waals surface area contributed by atoms with Crippen LogP contribution < -0.4 is 14.4 Å². The van der Waals surface area contributed by atoms with Gasteiger partial charge in [-0.3, -0.25) is 4.79 Å². The Morgan fingerprint density at radius 2 is 1.65 bits per heavy atom. The Morgan fingerprint density at radius 1 is 1.00 bits per heavy atom. The number of hydrogen-bond donors (Lipinski definition) is 1. The van der Waals surface area contributed by atoms with E-state index < -0.39 is 18.4 Å². The Morgan fingerprint density at radius 3 is 2.30 bits per heavy atom. The van der Waals surface area contributed by atoms with Gasteiger partial charge in [0.05, 0.1) is 24.4 Å². The van der Waals surface area contributed by atoms with Gasteiger partial charge < -0.3 is 24.2 Å². The van der Waals surface area contributed by atoms with Crippen molar-refractivity contribution in [1.29, 1.82) is 0 Å². The minimum Gasteiger partial charge on any atom is -0.493 e. The van der Waals surface area contributed by atoms with Crippen LogP contribution in [0.2, 0.25) is 0 Å². The minimum absolute atomic E-state index is 0.0147. The van der Waals surface area contributed by atoms with Gasteiger partial charge >= 0.3 is 6.09 Å². The van der Waals surface area contributed by atoms with E-state index in [0.29, 0.717) is 24.5 Å². The van der Waals surface area contributed by atoms with Crippen molar-refractivity contribution in [3.05, 3.63) is 102 Å². The van der Waals surface area contributed by atoms with Crippen LogP contribution in [0.4, 0.5) is 10.5 Å². The lowest BCUT2D eigenvalue weighted by Crippen LogP contribution is -2.50. The number of aliphatic hydroxyl groups excluding tert-OH is 1. The second-order valence-corrected chi connectivity index (χ2v) is 9.07. The number of carbonyl (C=O) groups is 2. The van der Waals surface area contributed by atoms with Gasteiger partial charge in [0.15, 0.2) is 17.7 Å². The van der Waals surface area contributed by atoms with Crippen molar-refractivity contribution in [3.63, 3.8) is 0 Å². The lowest BCUT2D eigenvalue weighted by Gasteiger charge is -2.31. The summed E-state index contributed by atoms with van der Waals surface area (Å²) in [6.45, 7) is 4.55. The van der Waals surface area contributed by atoms with Crippen LogP contribution in [0.1, 0.15) is 27.9 Å². The Labute approximate surface area is 215 Å². The molecular weight excluding hydrogens is 472 g/mol. The van der Waals surface area contributed by atoms with Crippen LogP contribution in [-0.2, 0) is 18.0 Å². The van der Waals surface area contributed by atoms with Crippen molar-refractivity contribution < 1.29 is 28.9 Å². The van der Waals surface area contributed by atoms with Crippen molar-refractivity contribution in [2.45, 2.75) is 31.9 Å². The third-order valence-corrected chi connectivity index (χ3v) is 6.57. The van der Waals surface area contributed by atoms with Gasteiger partial charge in [0.1, 0.15) is 13.2 Å². The molecule has 2 aliphatic heterocycles. The molecule has 1 saturated heterocycles. The Bertz CT molecular complexity index is 1310. The molecule has 37 heavy (non-hydrogen) atoms. The summed E-state index contributed by atoms with van der Waals surface area (Å²) >= 11 is 0. The third-order valence-electron chi connectivity index (χ3n) is 6.57. The van der Waals surface area contributed by atoms with Crippen molar-refractivity contribution >= 4 is 17.7 Å². The number of carbonyl (C=O) groups excluding carboxylic acids is 2. The van der Waals surface area contributed by atoms with Gasteiger partial charge in [0, 0.05) is 12.6 Å². The molecule has 0 bridgehead atoms. The number of ether oxygens (including phenoxy) is 3. The smallest absolute Gasteiger partial charge is 0.416 e. The van der Waals surface area contributed by atoms with Crippen LogP contribution in [0, 0.1) is 0 Å². The highest BCUT2D eigenvalue weighted by molar-refractivity contribution is 6.06. The molecule has 3 aromatic rings. The van der Waals surface area contributed by atoms with Gasteiger partial charge in [-0.2, -0.15) is 0 Å². The lowest BCUT2D eigenvalue weighted by atomic mass is 10.1. The van der Waals surface area contributed by atoms with E-state index in [4.69, 9.17) is 14.2 Å². The quantitative estimate of drug-likeness (QED) is 0.501. The minimum atomic E-state index is -1.34.